The predicted molar refractivity (Wildman–Crippen MR) is 113 cm³/mol. The Kier molecular flexibility index (Phi) is 6.09. The van der Waals surface area contributed by atoms with Crippen molar-refractivity contribution in [1.29, 1.82) is 0 Å². The Balaban J connectivity index is 1.55. The van der Waals surface area contributed by atoms with Gasteiger partial charge in [-0.3, -0.25) is 9.59 Å². The van der Waals surface area contributed by atoms with Crippen LogP contribution in [0, 0.1) is 13.8 Å². The summed E-state index contributed by atoms with van der Waals surface area (Å²) in [6.07, 6.45) is 0.251. The lowest BCUT2D eigenvalue weighted by Crippen LogP contribution is -2.38. The van der Waals surface area contributed by atoms with Gasteiger partial charge >= 0.3 is 0 Å². The maximum Gasteiger partial charge on any atom is 0.239 e. The number of nitrogens with one attached hydrogen (secondary N) is 2. The van der Waals surface area contributed by atoms with E-state index in [1.54, 1.807) is 0 Å². The van der Waals surface area contributed by atoms with Gasteiger partial charge in [-0.1, -0.05) is 66.2 Å². The fraction of sp³-hybridized carbons (Fsp3) is 0.250. The van der Waals surface area contributed by atoms with Gasteiger partial charge in [-0.05, 0) is 48.2 Å². The molecule has 0 aliphatic rings. The lowest BCUT2D eigenvalue weighted by Gasteiger charge is -2.17. The smallest absolute Gasteiger partial charge is 0.239 e. The molecule has 3 aromatic rings. The molecule has 3 aromatic carbocycles. The minimum Gasteiger partial charge on any atom is -0.348 e. The van der Waals surface area contributed by atoms with Gasteiger partial charge in [0.05, 0.1) is 19.0 Å². The van der Waals surface area contributed by atoms with E-state index in [1.807, 2.05) is 63.2 Å². The zero-order chi connectivity index (χ0) is 20.1. The molecule has 2 N–H and O–H groups in total. The van der Waals surface area contributed by atoms with Gasteiger partial charge in [-0.15, -0.1) is 0 Å². The van der Waals surface area contributed by atoms with Crippen molar-refractivity contribution in [3.8, 4) is 0 Å². The number of rotatable bonds is 6. The molecule has 0 bridgehead atoms. The fourth-order valence-corrected chi connectivity index (χ4v) is 3.46. The van der Waals surface area contributed by atoms with Crippen LogP contribution in [0.3, 0.4) is 0 Å². The summed E-state index contributed by atoms with van der Waals surface area (Å²) in [5.74, 6) is -0.356. The number of hydrogen-bond acceptors (Lipinski definition) is 2. The zero-order valence-electron chi connectivity index (χ0n) is 16.6. The standard InChI is InChI=1S/C24H26N2O2/c1-16-11-12-17(2)22(13-16)18(3)26-24(28)15-25-23(27)14-20-9-6-8-19-7-4-5-10-21(19)20/h4-13,18H,14-15H2,1-3H3,(H,25,27)(H,26,28). The average Bonchev–Trinajstić information content (AvgIpc) is 2.68. The van der Waals surface area contributed by atoms with Gasteiger partial charge in [0.1, 0.15) is 0 Å². The van der Waals surface area contributed by atoms with E-state index >= 15 is 0 Å². The maximum atomic E-state index is 12.3. The largest absolute Gasteiger partial charge is 0.348 e. The molecule has 1 unspecified atom stereocenters. The van der Waals surface area contributed by atoms with Crippen LogP contribution in [-0.2, 0) is 16.0 Å². The summed E-state index contributed by atoms with van der Waals surface area (Å²) < 4.78 is 0. The third kappa shape index (κ3) is 4.77. The summed E-state index contributed by atoms with van der Waals surface area (Å²) in [5.41, 5.74) is 4.35. The molecular weight excluding hydrogens is 348 g/mol. The van der Waals surface area contributed by atoms with E-state index in [-0.39, 0.29) is 30.8 Å². The van der Waals surface area contributed by atoms with E-state index < -0.39 is 0 Å². The quantitative estimate of drug-likeness (QED) is 0.685. The van der Waals surface area contributed by atoms with E-state index in [1.165, 1.54) is 0 Å². The summed E-state index contributed by atoms with van der Waals surface area (Å²) in [5, 5.41) is 7.85. The number of benzene rings is 3. The molecule has 0 heterocycles. The van der Waals surface area contributed by atoms with Crippen LogP contribution in [0.25, 0.3) is 10.8 Å². The first-order chi connectivity index (χ1) is 13.4. The number of aryl methyl sites for hydroxylation is 2. The molecule has 4 nitrogen and oxygen atoms in total. The Morgan fingerprint density at radius 3 is 2.50 bits per heavy atom. The third-order valence-corrected chi connectivity index (χ3v) is 4.96. The highest BCUT2D eigenvalue weighted by Crippen LogP contribution is 2.19. The number of hydrogen-bond donors (Lipinski definition) is 2. The van der Waals surface area contributed by atoms with Crippen LogP contribution in [0.15, 0.2) is 60.7 Å². The van der Waals surface area contributed by atoms with E-state index in [0.29, 0.717) is 0 Å². The van der Waals surface area contributed by atoms with Gasteiger partial charge in [-0.2, -0.15) is 0 Å². The summed E-state index contributed by atoms with van der Waals surface area (Å²) in [6.45, 7) is 5.99. The maximum absolute atomic E-state index is 12.3. The van der Waals surface area contributed by atoms with Crippen LogP contribution in [0.2, 0.25) is 0 Å². The summed E-state index contributed by atoms with van der Waals surface area (Å²) in [7, 11) is 0. The number of carbonyl (C=O) groups is 2. The van der Waals surface area contributed by atoms with E-state index in [0.717, 1.165) is 33.0 Å². The van der Waals surface area contributed by atoms with Crippen LogP contribution in [0.4, 0.5) is 0 Å². The van der Waals surface area contributed by atoms with Crippen molar-refractivity contribution in [2.75, 3.05) is 6.54 Å². The van der Waals surface area contributed by atoms with Crippen LogP contribution in [-0.4, -0.2) is 18.4 Å². The highest BCUT2D eigenvalue weighted by molar-refractivity contribution is 5.91. The van der Waals surface area contributed by atoms with Crippen molar-refractivity contribution in [2.45, 2.75) is 33.2 Å². The second-order valence-corrected chi connectivity index (χ2v) is 7.24. The second kappa shape index (κ2) is 8.70. The minimum absolute atomic E-state index is 0.0290. The third-order valence-electron chi connectivity index (χ3n) is 4.96. The topological polar surface area (TPSA) is 58.2 Å². The molecule has 0 saturated carbocycles. The summed E-state index contributed by atoms with van der Waals surface area (Å²) in [6, 6.07) is 20.0. The molecule has 0 aliphatic heterocycles. The molecule has 1 atom stereocenters. The number of fused-ring (bicyclic) bond motifs is 1. The van der Waals surface area contributed by atoms with E-state index in [4.69, 9.17) is 0 Å². The Bertz CT molecular complexity index is 1010. The molecule has 0 aliphatic carbocycles. The molecule has 0 aromatic heterocycles. The summed E-state index contributed by atoms with van der Waals surface area (Å²) in [4.78, 5) is 24.6. The van der Waals surface area contributed by atoms with Gasteiger partial charge in [0, 0.05) is 0 Å². The lowest BCUT2D eigenvalue weighted by atomic mass is 10.00. The van der Waals surface area contributed by atoms with E-state index in [9.17, 15) is 9.59 Å². The monoisotopic (exact) mass is 374 g/mol. The summed E-state index contributed by atoms with van der Waals surface area (Å²) >= 11 is 0. The van der Waals surface area contributed by atoms with Gasteiger partial charge in [0.15, 0.2) is 0 Å². The van der Waals surface area contributed by atoms with Crippen molar-refractivity contribution in [3.05, 3.63) is 82.9 Å². The molecular formula is C24H26N2O2. The van der Waals surface area contributed by atoms with Gasteiger partial charge in [0.25, 0.3) is 0 Å². The normalized spacial score (nSPS) is 11.8. The molecule has 144 valence electrons. The van der Waals surface area contributed by atoms with Crippen molar-refractivity contribution in [1.82, 2.24) is 10.6 Å². The zero-order valence-corrected chi connectivity index (χ0v) is 16.6. The van der Waals surface area contributed by atoms with Crippen LogP contribution in [0.1, 0.15) is 35.2 Å². The van der Waals surface area contributed by atoms with Crippen LogP contribution in [0.5, 0.6) is 0 Å². The minimum atomic E-state index is -0.195. The first-order valence-electron chi connectivity index (χ1n) is 9.54. The Morgan fingerprint density at radius 2 is 1.68 bits per heavy atom. The molecule has 0 radical (unpaired) electrons. The van der Waals surface area contributed by atoms with E-state index in [2.05, 4.69) is 28.8 Å². The fourth-order valence-electron chi connectivity index (χ4n) is 3.46. The van der Waals surface area contributed by atoms with Crippen LogP contribution < -0.4 is 10.6 Å². The molecule has 4 heteroatoms. The Morgan fingerprint density at radius 1 is 0.929 bits per heavy atom. The molecule has 0 fully saturated rings. The lowest BCUT2D eigenvalue weighted by molar-refractivity contribution is -0.126. The Hall–Kier alpha value is -3.14. The van der Waals surface area contributed by atoms with Crippen molar-refractivity contribution < 1.29 is 9.59 Å². The molecule has 28 heavy (non-hydrogen) atoms. The molecule has 0 spiro atoms. The first kappa shape index (κ1) is 19.6. The van der Waals surface area contributed by atoms with Crippen molar-refractivity contribution >= 4 is 22.6 Å². The van der Waals surface area contributed by atoms with Gasteiger partial charge < -0.3 is 10.6 Å². The van der Waals surface area contributed by atoms with Gasteiger partial charge in [0.2, 0.25) is 11.8 Å². The second-order valence-electron chi connectivity index (χ2n) is 7.24. The number of amides is 2. The number of carbonyl (C=O) groups excluding carboxylic acids is 2. The van der Waals surface area contributed by atoms with Crippen molar-refractivity contribution in [2.24, 2.45) is 0 Å². The Labute approximate surface area is 166 Å². The molecule has 2 amide bonds. The average molecular weight is 374 g/mol. The molecule has 3 rings (SSSR count). The van der Waals surface area contributed by atoms with Crippen molar-refractivity contribution in [3.63, 3.8) is 0 Å². The molecule has 0 saturated heterocycles. The highest BCUT2D eigenvalue weighted by Gasteiger charge is 2.13. The predicted octanol–water partition coefficient (Wildman–Crippen LogP) is 3.99. The van der Waals surface area contributed by atoms with Gasteiger partial charge in [-0.25, -0.2) is 0 Å². The SMILES string of the molecule is Cc1ccc(C)c(C(C)NC(=O)CNC(=O)Cc2cccc3ccccc23)c1. The van der Waals surface area contributed by atoms with Crippen LogP contribution >= 0.6 is 0 Å². The first-order valence-corrected chi connectivity index (χ1v) is 9.54. The highest BCUT2D eigenvalue weighted by atomic mass is 16.2.